The lowest BCUT2D eigenvalue weighted by atomic mass is 9.76. The molecule has 0 saturated heterocycles. The zero-order valence-corrected chi connectivity index (χ0v) is 19.5. The molecule has 1 aliphatic rings. The van der Waals surface area contributed by atoms with Gasteiger partial charge in [-0.05, 0) is 37.3 Å². The second-order valence-electron chi connectivity index (χ2n) is 9.33. The molecule has 0 radical (unpaired) electrons. The van der Waals surface area contributed by atoms with Crippen molar-refractivity contribution in [2.75, 3.05) is 0 Å². The summed E-state index contributed by atoms with van der Waals surface area (Å²) in [5.74, 6) is 0.316. The van der Waals surface area contributed by atoms with Gasteiger partial charge in [-0.2, -0.15) is 0 Å². The summed E-state index contributed by atoms with van der Waals surface area (Å²) in [5.41, 5.74) is 2.45. The Bertz CT molecular complexity index is 1100. The fourth-order valence-corrected chi connectivity index (χ4v) is 5.37. The van der Waals surface area contributed by atoms with Crippen LogP contribution in [0.2, 0.25) is 0 Å². The van der Waals surface area contributed by atoms with Gasteiger partial charge in [0.25, 0.3) is 5.91 Å². The summed E-state index contributed by atoms with van der Waals surface area (Å²) in [6.07, 6.45) is 1.06. The number of furan rings is 1. The van der Waals surface area contributed by atoms with Crippen molar-refractivity contribution in [3.05, 3.63) is 58.0 Å². The fourth-order valence-electron chi connectivity index (χ4n) is 3.94. The average molecular weight is 447 g/mol. The molecule has 1 heterocycles. The Hall–Kier alpha value is -2.45. The number of amides is 1. The van der Waals surface area contributed by atoms with Crippen LogP contribution in [0.4, 0.5) is 0 Å². The van der Waals surface area contributed by atoms with Crippen molar-refractivity contribution in [1.29, 1.82) is 0 Å². The van der Waals surface area contributed by atoms with Crippen LogP contribution in [-0.4, -0.2) is 26.2 Å². The first-order valence-electron chi connectivity index (χ1n) is 10.4. The first-order chi connectivity index (χ1) is 14.4. The summed E-state index contributed by atoms with van der Waals surface area (Å²) < 4.78 is 32.4. The van der Waals surface area contributed by atoms with Crippen molar-refractivity contribution < 1.29 is 22.4 Å². The summed E-state index contributed by atoms with van der Waals surface area (Å²) in [5, 5.41) is 2.82. The minimum Gasteiger partial charge on any atom is -0.455 e. The lowest BCUT2D eigenvalue weighted by Gasteiger charge is -2.27. The number of rotatable bonds is 7. The maximum absolute atomic E-state index is 12.7. The van der Waals surface area contributed by atoms with Crippen molar-refractivity contribution in [3.63, 3.8) is 0 Å². The third kappa shape index (κ3) is 5.62. The molecule has 0 bridgehead atoms. The molecule has 0 unspecified atom stereocenters. The topological polar surface area (TPSA) is 105 Å². The zero-order valence-electron chi connectivity index (χ0n) is 18.7. The summed E-state index contributed by atoms with van der Waals surface area (Å²) in [6, 6.07) is 6.88. The van der Waals surface area contributed by atoms with E-state index in [-0.39, 0.29) is 41.2 Å². The van der Waals surface area contributed by atoms with Gasteiger partial charge in [0, 0.05) is 31.0 Å². The van der Waals surface area contributed by atoms with Crippen LogP contribution in [0.5, 0.6) is 0 Å². The highest BCUT2D eigenvalue weighted by molar-refractivity contribution is 7.88. The Kier molecular flexibility index (Phi) is 6.43. The summed E-state index contributed by atoms with van der Waals surface area (Å²) >= 11 is 0. The van der Waals surface area contributed by atoms with E-state index in [0.717, 1.165) is 5.56 Å². The maximum atomic E-state index is 12.7. The summed E-state index contributed by atoms with van der Waals surface area (Å²) in [4.78, 5) is 25.2. The number of hydrogen-bond acceptors (Lipinski definition) is 5. The average Bonchev–Trinajstić information content (AvgIpc) is 2.94. The van der Waals surface area contributed by atoms with Crippen LogP contribution in [0, 0.1) is 12.3 Å². The van der Waals surface area contributed by atoms with Gasteiger partial charge in [0.1, 0.15) is 5.76 Å². The molecule has 0 aliphatic heterocycles. The zero-order chi connectivity index (χ0) is 23.0. The number of nitrogens with one attached hydrogen (secondary N) is 2. The van der Waals surface area contributed by atoms with Crippen molar-refractivity contribution in [3.8, 4) is 0 Å². The highest BCUT2D eigenvalue weighted by Crippen LogP contribution is 2.38. The molecule has 168 valence electrons. The van der Waals surface area contributed by atoms with Crippen LogP contribution in [0.25, 0.3) is 0 Å². The predicted molar refractivity (Wildman–Crippen MR) is 118 cm³/mol. The first kappa shape index (κ1) is 23.2. The third-order valence-electron chi connectivity index (χ3n) is 5.23. The van der Waals surface area contributed by atoms with Crippen molar-refractivity contribution in [2.24, 2.45) is 5.41 Å². The van der Waals surface area contributed by atoms with E-state index in [1.165, 1.54) is 0 Å². The molecule has 0 fully saturated rings. The SMILES string of the molecule is Cc1c(C(=O)NCc2ccc(CS(=O)(=O)NC(C)C)cc2)oc2c1C(=O)CC(C)(C)C2. The molecule has 1 aromatic carbocycles. The third-order valence-corrected chi connectivity index (χ3v) is 6.77. The number of ketones is 1. The van der Waals surface area contributed by atoms with Crippen molar-refractivity contribution >= 4 is 21.7 Å². The Morgan fingerprint density at radius 3 is 2.35 bits per heavy atom. The van der Waals surface area contributed by atoms with Gasteiger partial charge in [-0.3, -0.25) is 9.59 Å². The maximum Gasteiger partial charge on any atom is 0.287 e. The number of Topliss-reactive ketones (excluding diaryl/α,β-unsaturated/α-hetero) is 1. The van der Waals surface area contributed by atoms with Crippen LogP contribution in [0.1, 0.15) is 77.5 Å². The van der Waals surface area contributed by atoms with E-state index in [0.29, 0.717) is 35.3 Å². The van der Waals surface area contributed by atoms with E-state index < -0.39 is 10.0 Å². The van der Waals surface area contributed by atoms with Gasteiger partial charge >= 0.3 is 0 Å². The Labute approximate surface area is 183 Å². The Balaban J connectivity index is 1.65. The number of sulfonamides is 1. The number of hydrogen-bond donors (Lipinski definition) is 2. The van der Waals surface area contributed by atoms with E-state index in [1.54, 1.807) is 45.0 Å². The number of carbonyl (C=O) groups excluding carboxylic acids is 2. The Morgan fingerprint density at radius 2 is 1.74 bits per heavy atom. The standard InChI is InChI=1S/C23H30N2O5S/c1-14(2)25-31(28,29)13-17-8-6-16(7-9-17)12-24-22(27)21-15(3)20-18(26)10-23(4,5)11-19(20)30-21/h6-9,14,25H,10-13H2,1-5H3,(H,24,27). The van der Waals surface area contributed by atoms with E-state index in [4.69, 9.17) is 4.42 Å². The smallest absolute Gasteiger partial charge is 0.287 e. The minimum absolute atomic E-state index is 0.0176. The van der Waals surface area contributed by atoms with Gasteiger partial charge in [-0.1, -0.05) is 38.1 Å². The summed E-state index contributed by atoms with van der Waals surface area (Å²) in [6.45, 7) is 9.58. The number of fused-ring (bicyclic) bond motifs is 1. The molecular formula is C23H30N2O5S. The van der Waals surface area contributed by atoms with Crippen molar-refractivity contribution in [2.45, 2.75) is 65.8 Å². The van der Waals surface area contributed by atoms with E-state index in [9.17, 15) is 18.0 Å². The van der Waals surface area contributed by atoms with Gasteiger partial charge in [0.05, 0.1) is 11.3 Å². The van der Waals surface area contributed by atoms with Gasteiger partial charge < -0.3 is 9.73 Å². The second-order valence-corrected chi connectivity index (χ2v) is 11.1. The molecule has 3 rings (SSSR count). The molecule has 31 heavy (non-hydrogen) atoms. The highest BCUT2D eigenvalue weighted by atomic mass is 32.2. The molecule has 1 aromatic heterocycles. The Morgan fingerprint density at radius 1 is 1.13 bits per heavy atom. The number of benzene rings is 1. The first-order valence-corrected chi connectivity index (χ1v) is 12.0. The van der Waals surface area contributed by atoms with Crippen LogP contribution in [0.3, 0.4) is 0 Å². The van der Waals surface area contributed by atoms with Crippen LogP contribution in [0.15, 0.2) is 28.7 Å². The highest BCUT2D eigenvalue weighted by Gasteiger charge is 2.37. The molecule has 1 aliphatic carbocycles. The molecular weight excluding hydrogens is 416 g/mol. The minimum atomic E-state index is -3.39. The lowest BCUT2D eigenvalue weighted by Crippen LogP contribution is -2.31. The lowest BCUT2D eigenvalue weighted by molar-refractivity contribution is 0.0888. The quantitative estimate of drug-likeness (QED) is 0.677. The molecule has 0 spiro atoms. The van der Waals surface area contributed by atoms with E-state index in [2.05, 4.69) is 10.0 Å². The molecule has 0 atom stereocenters. The van der Waals surface area contributed by atoms with E-state index in [1.807, 2.05) is 13.8 Å². The predicted octanol–water partition coefficient (Wildman–Crippen LogP) is 3.50. The molecule has 8 heteroatoms. The van der Waals surface area contributed by atoms with Crippen LogP contribution in [-0.2, 0) is 28.7 Å². The molecule has 2 aromatic rings. The largest absolute Gasteiger partial charge is 0.455 e. The molecule has 7 nitrogen and oxygen atoms in total. The van der Waals surface area contributed by atoms with Crippen LogP contribution >= 0.6 is 0 Å². The van der Waals surface area contributed by atoms with E-state index >= 15 is 0 Å². The number of carbonyl (C=O) groups is 2. The van der Waals surface area contributed by atoms with Crippen molar-refractivity contribution in [1.82, 2.24) is 10.0 Å². The summed E-state index contributed by atoms with van der Waals surface area (Å²) in [7, 11) is -3.39. The van der Waals surface area contributed by atoms with Crippen LogP contribution < -0.4 is 10.0 Å². The fraction of sp³-hybridized carbons (Fsp3) is 0.478. The van der Waals surface area contributed by atoms with Gasteiger partial charge in [-0.15, -0.1) is 0 Å². The van der Waals surface area contributed by atoms with Gasteiger partial charge in [0.2, 0.25) is 10.0 Å². The monoisotopic (exact) mass is 446 g/mol. The van der Waals surface area contributed by atoms with Gasteiger partial charge in [0.15, 0.2) is 11.5 Å². The molecule has 1 amide bonds. The normalized spacial score (nSPS) is 15.7. The molecule has 0 saturated carbocycles. The van der Waals surface area contributed by atoms with Gasteiger partial charge in [-0.25, -0.2) is 13.1 Å². The molecule has 2 N–H and O–H groups in total. The second kappa shape index (κ2) is 8.59.